The Labute approximate surface area is 188 Å². The lowest BCUT2D eigenvalue weighted by Gasteiger charge is -2.21. The van der Waals surface area contributed by atoms with Crippen molar-refractivity contribution in [3.05, 3.63) is 102 Å². The molecule has 33 heavy (non-hydrogen) atoms. The molecule has 3 nitrogen and oxygen atoms in total. The third-order valence-corrected chi connectivity index (χ3v) is 7.71. The summed E-state index contributed by atoms with van der Waals surface area (Å²) in [6, 6.07) is 27.9. The largest absolute Gasteiger partial charge is 0.484 e. The Morgan fingerprint density at radius 2 is 1.58 bits per heavy atom. The number of hydrogen-bond donors (Lipinski definition) is 0. The van der Waals surface area contributed by atoms with Crippen LogP contribution < -0.4 is 4.74 Å². The molecule has 0 saturated heterocycles. The highest BCUT2D eigenvalue weighted by atomic mass is 16.5. The summed E-state index contributed by atoms with van der Waals surface area (Å²) in [5.74, 6) is 1.26. The Balaban J connectivity index is 1.44. The number of rotatable bonds is 0. The van der Waals surface area contributed by atoms with E-state index in [-0.39, 0.29) is 12.0 Å². The van der Waals surface area contributed by atoms with E-state index in [9.17, 15) is 0 Å². The quantitative estimate of drug-likeness (QED) is 0.248. The Kier molecular flexibility index (Phi) is 2.68. The summed E-state index contributed by atoms with van der Waals surface area (Å²) in [6.07, 6.45) is 4.63. The molecular formula is C30H17NO2. The lowest BCUT2D eigenvalue weighted by Crippen LogP contribution is -2.12. The van der Waals surface area contributed by atoms with E-state index in [4.69, 9.17) is 9.15 Å². The highest BCUT2D eigenvalue weighted by Gasteiger charge is 2.40. The van der Waals surface area contributed by atoms with Gasteiger partial charge in [0.2, 0.25) is 0 Å². The molecule has 4 aromatic carbocycles. The molecule has 2 aliphatic rings. The van der Waals surface area contributed by atoms with Crippen LogP contribution in [0.25, 0.3) is 55.2 Å². The molecule has 0 N–H and O–H groups in total. The predicted octanol–water partition coefficient (Wildman–Crippen LogP) is 7.83. The second-order valence-corrected chi connectivity index (χ2v) is 9.23. The lowest BCUT2D eigenvalue weighted by atomic mass is 9.85. The first-order chi connectivity index (χ1) is 16.4. The normalized spacial score (nSPS) is 19.0. The molecule has 4 heterocycles. The fourth-order valence-electron chi connectivity index (χ4n) is 6.40. The van der Waals surface area contributed by atoms with Crippen molar-refractivity contribution in [2.45, 2.75) is 12.0 Å². The summed E-state index contributed by atoms with van der Waals surface area (Å²) < 4.78 is 15.4. The van der Waals surface area contributed by atoms with Crippen molar-refractivity contribution in [3.63, 3.8) is 0 Å². The maximum absolute atomic E-state index is 6.54. The molecule has 0 bridgehead atoms. The number of nitrogens with zero attached hydrogens (tertiary/aromatic N) is 1. The van der Waals surface area contributed by atoms with E-state index in [0.29, 0.717) is 0 Å². The van der Waals surface area contributed by atoms with Crippen molar-refractivity contribution in [1.29, 1.82) is 0 Å². The second kappa shape index (κ2) is 5.38. The Morgan fingerprint density at radius 3 is 2.58 bits per heavy atom. The van der Waals surface area contributed by atoms with Crippen molar-refractivity contribution in [3.8, 4) is 5.75 Å². The molecule has 0 radical (unpaired) electrons. The fraction of sp³-hybridized carbons (Fsp3) is 0.0667. The minimum Gasteiger partial charge on any atom is -0.484 e. The Hall–Kier alpha value is -4.24. The Bertz CT molecular complexity index is 1970. The third-order valence-electron chi connectivity index (χ3n) is 7.71. The zero-order valence-electron chi connectivity index (χ0n) is 17.6. The lowest BCUT2D eigenvalue weighted by molar-refractivity contribution is 0.225. The highest BCUT2D eigenvalue weighted by Crippen LogP contribution is 2.54. The highest BCUT2D eigenvalue weighted by molar-refractivity contribution is 6.26. The standard InChI is InChI=1S/C30H17NO2/c1-3-10-24-16(6-1)18-12-14-22-26(29(18)32-24)20-8-5-9-21-27-23(31(22)28(20)21)15-13-19-17-7-2-4-11-25(17)33-30(19)27/h1-15,18,29H. The number of ether oxygens (including phenoxy) is 1. The van der Waals surface area contributed by atoms with E-state index in [2.05, 4.69) is 89.3 Å². The summed E-state index contributed by atoms with van der Waals surface area (Å²) in [4.78, 5) is 0. The summed E-state index contributed by atoms with van der Waals surface area (Å²) in [5, 5.41) is 6.04. The molecule has 0 fully saturated rings. The first-order valence-corrected chi connectivity index (χ1v) is 11.4. The van der Waals surface area contributed by atoms with Crippen LogP contribution in [0.1, 0.15) is 28.8 Å². The van der Waals surface area contributed by atoms with Gasteiger partial charge in [-0.3, -0.25) is 0 Å². The molecule has 9 rings (SSSR count). The van der Waals surface area contributed by atoms with Gasteiger partial charge in [0.25, 0.3) is 0 Å². The van der Waals surface area contributed by atoms with Gasteiger partial charge < -0.3 is 13.6 Å². The molecule has 7 aromatic rings. The van der Waals surface area contributed by atoms with Crippen molar-refractivity contribution < 1.29 is 9.15 Å². The van der Waals surface area contributed by atoms with E-state index in [1.807, 2.05) is 6.07 Å². The van der Waals surface area contributed by atoms with Gasteiger partial charge in [-0.25, -0.2) is 0 Å². The third kappa shape index (κ3) is 1.78. The first-order valence-electron chi connectivity index (χ1n) is 11.4. The molecule has 1 aliphatic carbocycles. The van der Waals surface area contributed by atoms with Crippen molar-refractivity contribution in [2.24, 2.45) is 0 Å². The second-order valence-electron chi connectivity index (χ2n) is 9.23. The predicted molar refractivity (Wildman–Crippen MR) is 132 cm³/mol. The van der Waals surface area contributed by atoms with Gasteiger partial charge in [-0.1, -0.05) is 60.7 Å². The van der Waals surface area contributed by atoms with Gasteiger partial charge in [0.05, 0.1) is 22.1 Å². The topological polar surface area (TPSA) is 26.8 Å². The first kappa shape index (κ1) is 16.4. The number of furan rings is 1. The average molecular weight is 423 g/mol. The van der Waals surface area contributed by atoms with Crippen LogP contribution in [-0.2, 0) is 0 Å². The molecule has 0 spiro atoms. The maximum atomic E-state index is 6.54. The zero-order valence-corrected chi connectivity index (χ0v) is 17.6. The SMILES string of the molecule is C1=CC2c3ccccc3OC2c2c1n1c3ccc4c5ccccc5oc4c3c3cccc2c31. The molecule has 2 atom stereocenters. The van der Waals surface area contributed by atoms with Crippen LogP contribution >= 0.6 is 0 Å². The van der Waals surface area contributed by atoms with Gasteiger partial charge in [0.1, 0.15) is 23.0 Å². The van der Waals surface area contributed by atoms with E-state index in [1.54, 1.807) is 0 Å². The number of hydrogen-bond acceptors (Lipinski definition) is 2. The number of aromatic nitrogens is 1. The van der Waals surface area contributed by atoms with Crippen molar-refractivity contribution in [2.75, 3.05) is 0 Å². The molecule has 3 heteroatoms. The fourth-order valence-corrected chi connectivity index (χ4v) is 6.40. The molecule has 3 aromatic heterocycles. The summed E-state index contributed by atoms with van der Waals surface area (Å²) in [7, 11) is 0. The number of fused-ring (bicyclic) bond motifs is 14. The van der Waals surface area contributed by atoms with Crippen LogP contribution in [0.5, 0.6) is 5.75 Å². The Morgan fingerprint density at radius 1 is 0.727 bits per heavy atom. The van der Waals surface area contributed by atoms with Gasteiger partial charge in [-0.05, 0) is 30.3 Å². The van der Waals surface area contributed by atoms with Gasteiger partial charge >= 0.3 is 0 Å². The van der Waals surface area contributed by atoms with Crippen LogP contribution in [0.3, 0.4) is 0 Å². The summed E-state index contributed by atoms with van der Waals surface area (Å²) >= 11 is 0. The van der Waals surface area contributed by atoms with E-state index in [0.717, 1.165) is 16.9 Å². The van der Waals surface area contributed by atoms with Crippen LogP contribution in [0.15, 0.2) is 89.4 Å². The van der Waals surface area contributed by atoms with Crippen LogP contribution in [-0.4, -0.2) is 4.40 Å². The van der Waals surface area contributed by atoms with Crippen LogP contribution in [0, 0.1) is 0 Å². The number of para-hydroxylation sites is 3. The minimum atomic E-state index is 0.0119. The van der Waals surface area contributed by atoms with E-state index >= 15 is 0 Å². The van der Waals surface area contributed by atoms with Crippen LogP contribution in [0.4, 0.5) is 0 Å². The van der Waals surface area contributed by atoms with Gasteiger partial charge in [-0.15, -0.1) is 0 Å². The summed E-state index contributed by atoms with van der Waals surface area (Å²) in [6.45, 7) is 0. The number of benzene rings is 4. The molecule has 2 unspecified atom stereocenters. The molecular weight excluding hydrogens is 406 g/mol. The van der Waals surface area contributed by atoms with Crippen LogP contribution in [0.2, 0.25) is 0 Å². The smallest absolute Gasteiger partial charge is 0.145 e. The maximum Gasteiger partial charge on any atom is 0.145 e. The van der Waals surface area contributed by atoms with Gasteiger partial charge in [0.15, 0.2) is 0 Å². The monoisotopic (exact) mass is 423 g/mol. The molecule has 154 valence electrons. The minimum absolute atomic E-state index is 0.0119. The summed E-state index contributed by atoms with van der Waals surface area (Å²) in [5.41, 5.74) is 8.16. The van der Waals surface area contributed by atoms with E-state index in [1.165, 1.54) is 54.8 Å². The molecule has 0 saturated carbocycles. The van der Waals surface area contributed by atoms with E-state index < -0.39 is 0 Å². The molecule has 1 aliphatic heterocycles. The van der Waals surface area contributed by atoms with Crippen molar-refractivity contribution >= 4 is 55.2 Å². The van der Waals surface area contributed by atoms with Crippen molar-refractivity contribution in [1.82, 2.24) is 4.40 Å². The van der Waals surface area contributed by atoms with Gasteiger partial charge in [0, 0.05) is 38.6 Å². The molecule has 0 amide bonds. The average Bonchev–Trinajstić information content (AvgIpc) is 3.59. The zero-order chi connectivity index (χ0) is 21.3. The van der Waals surface area contributed by atoms with Gasteiger partial charge in [-0.2, -0.15) is 0 Å².